The van der Waals surface area contributed by atoms with Gasteiger partial charge in [-0.15, -0.1) is 11.8 Å². The lowest BCUT2D eigenvalue weighted by atomic mass is 10.1. The highest BCUT2D eigenvalue weighted by Gasteiger charge is 2.15. The standard InChI is InChI=1S/C35H32N8O3S/c1-22-8-12-26(13-9-22)43-31(19-33(42-43)47-3)40-35(45)39-29-14-15-30(28-7-5-4-6-27(28)29)46-32-16-17-37-34(41-32)38-25-11-10-23(2)24(18-25)20-36-21-44/h4-19,21H,20H2,1-3H3,(H,36,44)(H,37,38,41)(H2,39,40,45). The molecule has 11 nitrogen and oxygen atoms in total. The van der Waals surface area contributed by atoms with E-state index in [0.717, 1.165) is 43.9 Å². The number of aromatic nitrogens is 4. The van der Waals surface area contributed by atoms with Crippen molar-refractivity contribution in [2.45, 2.75) is 25.4 Å². The summed E-state index contributed by atoms with van der Waals surface area (Å²) >= 11 is 1.50. The summed E-state index contributed by atoms with van der Waals surface area (Å²) in [5.41, 5.74) is 5.41. The first kappa shape index (κ1) is 31.1. The van der Waals surface area contributed by atoms with E-state index in [1.165, 1.54) is 11.8 Å². The van der Waals surface area contributed by atoms with E-state index in [4.69, 9.17) is 4.74 Å². The van der Waals surface area contributed by atoms with Gasteiger partial charge in [0, 0.05) is 41.3 Å². The van der Waals surface area contributed by atoms with Gasteiger partial charge in [0.2, 0.25) is 18.2 Å². The van der Waals surface area contributed by atoms with Crippen LogP contribution in [-0.2, 0) is 11.3 Å². The third-order valence-electron chi connectivity index (χ3n) is 7.37. The second-order valence-corrected chi connectivity index (χ2v) is 11.5. The molecular formula is C35H32N8O3S. The number of fused-ring (bicyclic) bond motifs is 1. The third kappa shape index (κ3) is 7.34. The first-order valence-electron chi connectivity index (χ1n) is 14.8. The zero-order valence-electron chi connectivity index (χ0n) is 25.9. The Balaban J connectivity index is 1.19. The van der Waals surface area contributed by atoms with Crippen LogP contribution in [-0.4, -0.2) is 38.4 Å². The molecule has 0 aliphatic rings. The van der Waals surface area contributed by atoms with Crippen molar-refractivity contribution in [1.82, 2.24) is 25.1 Å². The number of thioether (sulfide) groups is 1. The molecule has 4 N–H and O–H groups in total. The molecular weight excluding hydrogens is 613 g/mol. The van der Waals surface area contributed by atoms with E-state index in [1.54, 1.807) is 29.1 Å². The third-order valence-corrected chi connectivity index (χ3v) is 7.99. The minimum Gasteiger partial charge on any atom is -0.438 e. The van der Waals surface area contributed by atoms with Gasteiger partial charge < -0.3 is 20.7 Å². The Morgan fingerprint density at radius 3 is 2.53 bits per heavy atom. The minimum absolute atomic E-state index is 0.343. The number of hydrogen-bond acceptors (Lipinski definition) is 8. The van der Waals surface area contributed by atoms with Crippen LogP contribution in [0, 0.1) is 13.8 Å². The Morgan fingerprint density at radius 2 is 1.74 bits per heavy atom. The molecule has 0 radical (unpaired) electrons. The molecule has 3 amide bonds. The van der Waals surface area contributed by atoms with E-state index >= 15 is 0 Å². The van der Waals surface area contributed by atoms with Crippen LogP contribution in [0.25, 0.3) is 16.5 Å². The predicted molar refractivity (Wildman–Crippen MR) is 186 cm³/mol. The summed E-state index contributed by atoms with van der Waals surface area (Å²) in [6.45, 7) is 4.43. The Hall–Kier alpha value is -5.88. The molecule has 0 saturated heterocycles. The van der Waals surface area contributed by atoms with Crippen LogP contribution in [0.4, 0.5) is 27.9 Å². The zero-order chi connectivity index (χ0) is 32.8. The van der Waals surface area contributed by atoms with Gasteiger partial charge in [-0.2, -0.15) is 10.1 Å². The fourth-order valence-corrected chi connectivity index (χ4v) is 5.36. The van der Waals surface area contributed by atoms with Crippen molar-refractivity contribution in [3.8, 4) is 17.3 Å². The molecule has 4 aromatic carbocycles. The Morgan fingerprint density at radius 1 is 0.936 bits per heavy atom. The molecule has 0 bridgehead atoms. The zero-order valence-corrected chi connectivity index (χ0v) is 26.8. The van der Waals surface area contributed by atoms with Gasteiger partial charge in [0.15, 0.2) is 0 Å². The number of ether oxygens (including phenoxy) is 1. The summed E-state index contributed by atoms with van der Waals surface area (Å²) in [4.78, 5) is 32.9. The molecule has 6 rings (SSSR count). The molecule has 0 unspecified atom stereocenters. The molecule has 0 atom stereocenters. The maximum atomic E-state index is 13.3. The lowest BCUT2D eigenvalue weighted by molar-refractivity contribution is -0.109. The van der Waals surface area contributed by atoms with E-state index in [-0.39, 0.29) is 0 Å². The number of urea groups is 1. The summed E-state index contributed by atoms with van der Waals surface area (Å²) < 4.78 is 7.94. The largest absolute Gasteiger partial charge is 0.438 e. The first-order chi connectivity index (χ1) is 22.9. The van der Waals surface area contributed by atoms with Crippen molar-refractivity contribution in [3.05, 3.63) is 114 Å². The number of nitrogens with one attached hydrogen (secondary N) is 4. The molecule has 0 saturated carbocycles. The quantitative estimate of drug-likeness (QED) is 0.0838. The molecule has 12 heteroatoms. The molecule has 0 aliphatic heterocycles. The van der Waals surface area contributed by atoms with Crippen molar-refractivity contribution in [3.63, 3.8) is 0 Å². The predicted octanol–water partition coefficient (Wildman–Crippen LogP) is 7.58. The van der Waals surface area contributed by atoms with Gasteiger partial charge in [0.05, 0.1) is 11.4 Å². The fraction of sp³-hybridized carbons (Fsp3) is 0.114. The average Bonchev–Trinajstić information content (AvgIpc) is 3.49. The number of hydrogen-bond donors (Lipinski definition) is 4. The Kier molecular flexibility index (Phi) is 9.30. The van der Waals surface area contributed by atoms with Gasteiger partial charge in [-0.1, -0.05) is 48.0 Å². The van der Waals surface area contributed by atoms with E-state index < -0.39 is 6.03 Å². The number of aryl methyl sites for hydroxylation is 2. The second-order valence-electron chi connectivity index (χ2n) is 10.6. The Bertz CT molecular complexity index is 2060. The summed E-state index contributed by atoms with van der Waals surface area (Å²) in [5, 5.41) is 18.8. The minimum atomic E-state index is -0.405. The molecule has 236 valence electrons. The normalized spacial score (nSPS) is 10.8. The van der Waals surface area contributed by atoms with Crippen molar-refractivity contribution < 1.29 is 14.3 Å². The van der Waals surface area contributed by atoms with Crippen molar-refractivity contribution >= 4 is 58.1 Å². The summed E-state index contributed by atoms with van der Waals surface area (Å²) in [6.07, 6.45) is 4.23. The average molecular weight is 645 g/mol. The van der Waals surface area contributed by atoms with Crippen LogP contribution < -0.4 is 26.0 Å². The maximum absolute atomic E-state index is 13.3. The van der Waals surface area contributed by atoms with Crippen LogP contribution in [0.2, 0.25) is 0 Å². The molecule has 47 heavy (non-hydrogen) atoms. The van der Waals surface area contributed by atoms with Gasteiger partial charge in [0.1, 0.15) is 16.6 Å². The number of nitrogens with zero attached hydrogens (tertiary/aromatic N) is 4. The van der Waals surface area contributed by atoms with Crippen molar-refractivity contribution in [2.24, 2.45) is 0 Å². The fourth-order valence-electron chi connectivity index (χ4n) is 4.96. The first-order valence-corrected chi connectivity index (χ1v) is 16.0. The maximum Gasteiger partial charge on any atom is 0.324 e. The number of anilines is 4. The summed E-state index contributed by atoms with van der Waals surface area (Å²) in [5.74, 6) is 1.81. The number of rotatable bonds is 11. The van der Waals surface area contributed by atoms with Gasteiger partial charge in [-0.3, -0.25) is 10.1 Å². The molecule has 2 heterocycles. The van der Waals surface area contributed by atoms with Gasteiger partial charge in [0.25, 0.3) is 0 Å². The number of benzene rings is 4. The molecule has 0 fully saturated rings. The van der Waals surface area contributed by atoms with E-state index in [9.17, 15) is 9.59 Å². The van der Waals surface area contributed by atoms with Crippen molar-refractivity contribution in [2.75, 3.05) is 22.2 Å². The second kappa shape index (κ2) is 14.0. The lowest BCUT2D eigenvalue weighted by Gasteiger charge is -2.14. The number of carbonyl (C=O) groups is 2. The van der Waals surface area contributed by atoms with Crippen LogP contribution in [0.1, 0.15) is 16.7 Å². The van der Waals surface area contributed by atoms with Gasteiger partial charge in [-0.05, 0) is 67.6 Å². The van der Waals surface area contributed by atoms with Crippen LogP contribution in [0.15, 0.2) is 102 Å². The highest BCUT2D eigenvalue weighted by molar-refractivity contribution is 7.98. The highest BCUT2D eigenvalue weighted by atomic mass is 32.2. The molecule has 2 aromatic heterocycles. The van der Waals surface area contributed by atoms with Crippen molar-refractivity contribution in [1.29, 1.82) is 0 Å². The highest BCUT2D eigenvalue weighted by Crippen LogP contribution is 2.34. The van der Waals surface area contributed by atoms with Crippen LogP contribution in [0.5, 0.6) is 11.6 Å². The number of carbonyl (C=O) groups excluding carboxylic acids is 2. The van der Waals surface area contributed by atoms with E-state index in [2.05, 4.69) is 36.3 Å². The van der Waals surface area contributed by atoms with Gasteiger partial charge >= 0.3 is 6.03 Å². The van der Waals surface area contributed by atoms with E-state index in [1.807, 2.05) is 92.9 Å². The summed E-state index contributed by atoms with van der Waals surface area (Å²) in [6, 6.07) is 28.1. The SMILES string of the molecule is CSc1cc(NC(=O)Nc2ccc(Oc3ccnc(Nc4ccc(C)c(CNC=O)c4)n3)c3ccccc23)n(-c2ccc(C)cc2)n1. The monoisotopic (exact) mass is 644 g/mol. The van der Waals surface area contributed by atoms with Crippen LogP contribution >= 0.6 is 11.8 Å². The van der Waals surface area contributed by atoms with Crippen LogP contribution in [0.3, 0.4) is 0 Å². The van der Waals surface area contributed by atoms with Gasteiger partial charge in [-0.25, -0.2) is 14.5 Å². The van der Waals surface area contributed by atoms with E-state index in [0.29, 0.717) is 42.0 Å². The topological polar surface area (TPSA) is 135 Å². The molecule has 0 spiro atoms. The smallest absolute Gasteiger partial charge is 0.324 e. The molecule has 6 aromatic rings. The lowest BCUT2D eigenvalue weighted by Crippen LogP contribution is -2.21. The Labute approximate surface area is 275 Å². The summed E-state index contributed by atoms with van der Waals surface area (Å²) in [7, 11) is 0. The number of amides is 3. The molecule has 0 aliphatic carbocycles.